The van der Waals surface area contributed by atoms with Crippen molar-refractivity contribution in [1.82, 2.24) is 5.43 Å². The molecule has 2 rings (SSSR count). The van der Waals surface area contributed by atoms with Crippen LogP contribution in [0.15, 0.2) is 41.5 Å². The Morgan fingerprint density at radius 2 is 1.91 bits per heavy atom. The first kappa shape index (κ1) is 16.7. The molecule has 0 bridgehead atoms. The fourth-order valence-electron chi connectivity index (χ4n) is 1.67. The summed E-state index contributed by atoms with van der Waals surface area (Å²) in [7, 11) is 0. The highest BCUT2D eigenvalue weighted by molar-refractivity contribution is 14.1. The van der Waals surface area contributed by atoms with Crippen LogP contribution < -0.4 is 5.43 Å². The van der Waals surface area contributed by atoms with E-state index in [-0.39, 0.29) is 28.3 Å². The van der Waals surface area contributed by atoms with Crippen molar-refractivity contribution in [2.24, 2.45) is 5.10 Å². The van der Waals surface area contributed by atoms with Gasteiger partial charge in [0.1, 0.15) is 11.5 Å². The molecule has 8 nitrogen and oxygen atoms in total. The van der Waals surface area contributed by atoms with Crippen LogP contribution in [0.2, 0.25) is 0 Å². The molecule has 23 heavy (non-hydrogen) atoms. The number of phenolic OH excluding ortho intramolecular Hbond substituents is 2. The van der Waals surface area contributed by atoms with Gasteiger partial charge < -0.3 is 10.2 Å². The second-order valence-electron chi connectivity index (χ2n) is 4.36. The molecule has 2 aromatic rings. The topological polar surface area (TPSA) is 125 Å². The lowest BCUT2D eigenvalue weighted by Crippen LogP contribution is -2.17. The number of nitrogens with zero attached hydrogens (tertiary/aromatic N) is 2. The van der Waals surface area contributed by atoms with Crippen molar-refractivity contribution in [3.8, 4) is 11.5 Å². The van der Waals surface area contributed by atoms with Gasteiger partial charge in [-0.05, 0) is 46.9 Å². The van der Waals surface area contributed by atoms with E-state index in [2.05, 4.69) is 10.5 Å². The summed E-state index contributed by atoms with van der Waals surface area (Å²) < 4.78 is 0.755. The lowest BCUT2D eigenvalue weighted by molar-refractivity contribution is -0.384. The summed E-state index contributed by atoms with van der Waals surface area (Å²) in [6.07, 6.45) is 1.07. The maximum absolute atomic E-state index is 11.9. The average molecular weight is 427 g/mol. The van der Waals surface area contributed by atoms with Crippen LogP contribution in [-0.2, 0) is 0 Å². The second-order valence-corrected chi connectivity index (χ2v) is 5.61. The smallest absolute Gasteiger partial charge is 0.275 e. The van der Waals surface area contributed by atoms with E-state index in [1.165, 1.54) is 12.1 Å². The molecular weight excluding hydrogens is 417 g/mol. The molecule has 0 unspecified atom stereocenters. The Bertz CT molecular complexity index is 807. The summed E-state index contributed by atoms with van der Waals surface area (Å²) in [5.74, 6) is -1.07. The number of non-ortho nitro benzene ring substituents is 1. The normalized spacial score (nSPS) is 10.7. The highest BCUT2D eigenvalue weighted by atomic mass is 127. The van der Waals surface area contributed by atoms with Gasteiger partial charge in [0.15, 0.2) is 0 Å². The van der Waals surface area contributed by atoms with Gasteiger partial charge in [-0.15, -0.1) is 0 Å². The summed E-state index contributed by atoms with van der Waals surface area (Å²) in [6, 6.07) is 7.92. The molecule has 0 heterocycles. The van der Waals surface area contributed by atoms with Crippen LogP contribution in [0.4, 0.5) is 5.69 Å². The molecule has 0 saturated carbocycles. The Labute approximate surface area is 143 Å². The Hall–Kier alpha value is -2.69. The van der Waals surface area contributed by atoms with E-state index in [1.54, 1.807) is 6.07 Å². The average Bonchev–Trinajstić information content (AvgIpc) is 2.51. The molecule has 0 atom stereocenters. The van der Waals surface area contributed by atoms with Gasteiger partial charge in [-0.3, -0.25) is 14.9 Å². The minimum Gasteiger partial charge on any atom is -0.507 e. The number of rotatable bonds is 4. The Kier molecular flexibility index (Phi) is 5.11. The number of hydrazone groups is 1. The van der Waals surface area contributed by atoms with E-state index in [9.17, 15) is 25.1 Å². The number of nitrogens with one attached hydrogen (secondary N) is 1. The van der Waals surface area contributed by atoms with Gasteiger partial charge in [0.2, 0.25) is 0 Å². The number of carbonyl (C=O) groups is 1. The molecular formula is C14H10IN3O5. The molecule has 3 N–H and O–H groups in total. The minimum atomic E-state index is -0.651. The predicted octanol–water partition coefficient (Wildman–Crippen LogP) is 2.37. The largest absolute Gasteiger partial charge is 0.507 e. The van der Waals surface area contributed by atoms with Crippen molar-refractivity contribution < 1.29 is 19.9 Å². The van der Waals surface area contributed by atoms with Crippen LogP contribution in [0.5, 0.6) is 11.5 Å². The third kappa shape index (κ3) is 4.16. The standard InChI is InChI=1S/C14H10IN3O5/c15-9-1-3-13(20)11(6-9)14(21)17-16-7-8-5-10(18(22)23)2-4-12(8)19/h1-7,19-20H,(H,17,21). The van der Waals surface area contributed by atoms with Crippen LogP contribution in [-0.4, -0.2) is 27.3 Å². The number of phenols is 2. The molecule has 0 saturated heterocycles. The van der Waals surface area contributed by atoms with E-state index in [4.69, 9.17) is 0 Å². The fraction of sp³-hybridized carbons (Fsp3) is 0. The number of carbonyl (C=O) groups excluding carboxylic acids is 1. The molecule has 0 aliphatic heterocycles. The number of hydrogen-bond acceptors (Lipinski definition) is 6. The van der Waals surface area contributed by atoms with Crippen molar-refractivity contribution in [2.45, 2.75) is 0 Å². The number of nitro benzene ring substituents is 1. The molecule has 0 aromatic heterocycles. The summed E-state index contributed by atoms with van der Waals surface area (Å²) in [6.45, 7) is 0. The maximum atomic E-state index is 11.9. The van der Waals surface area contributed by atoms with E-state index in [0.717, 1.165) is 28.0 Å². The van der Waals surface area contributed by atoms with Crippen LogP contribution in [0.3, 0.4) is 0 Å². The first-order valence-electron chi connectivity index (χ1n) is 6.18. The SMILES string of the molecule is O=C(NN=Cc1cc([N+](=O)[O-])ccc1O)c1cc(I)ccc1O. The number of nitro groups is 1. The zero-order chi connectivity index (χ0) is 17.0. The number of halogens is 1. The first-order valence-corrected chi connectivity index (χ1v) is 7.25. The minimum absolute atomic E-state index is 0.0392. The van der Waals surface area contributed by atoms with Gasteiger partial charge in [-0.1, -0.05) is 0 Å². The van der Waals surface area contributed by atoms with Crippen LogP contribution in [0.1, 0.15) is 15.9 Å². The second kappa shape index (κ2) is 7.05. The van der Waals surface area contributed by atoms with Crippen molar-refractivity contribution in [2.75, 3.05) is 0 Å². The first-order chi connectivity index (χ1) is 10.9. The molecule has 118 valence electrons. The third-order valence-electron chi connectivity index (χ3n) is 2.79. The van der Waals surface area contributed by atoms with E-state index >= 15 is 0 Å². The number of hydrogen-bond donors (Lipinski definition) is 3. The third-order valence-corrected chi connectivity index (χ3v) is 3.47. The van der Waals surface area contributed by atoms with Gasteiger partial charge in [0.05, 0.1) is 16.7 Å². The van der Waals surface area contributed by atoms with E-state index in [0.29, 0.717) is 0 Å². The van der Waals surface area contributed by atoms with Crippen LogP contribution in [0.25, 0.3) is 0 Å². The number of amides is 1. The summed E-state index contributed by atoms with van der Waals surface area (Å²) in [5.41, 5.74) is 2.08. The summed E-state index contributed by atoms with van der Waals surface area (Å²) >= 11 is 1.99. The molecule has 0 fully saturated rings. The summed E-state index contributed by atoms with van der Waals surface area (Å²) in [5, 5.41) is 33.6. The maximum Gasteiger partial charge on any atom is 0.275 e. The Morgan fingerprint density at radius 1 is 1.22 bits per heavy atom. The molecule has 0 radical (unpaired) electrons. The Balaban J connectivity index is 2.15. The van der Waals surface area contributed by atoms with Crippen molar-refractivity contribution in [1.29, 1.82) is 0 Å². The summed E-state index contributed by atoms with van der Waals surface area (Å²) in [4.78, 5) is 22.0. The highest BCUT2D eigenvalue weighted by Gasteiger charge is 2.11. The molecule has 2 aromatic carbocycles. The molecule has 0 aliphatic carbocycles. The van der Waals surface area contributed by atoms with E-state index in [1.807, 2.05) is 22.6 Å². The van der Waals surface area contributed by atoms with Gasteiger partial charge in [-0.25, -0.2) is 5.43 Å². The van der Waals surface area contributed by atoms with Gasteiger partial charge in [0, 0.05) is 21.3 Å². The van der Waals surface area contributed by atoms with Crippen LogP contribution in [0, 0.1) is 13.7 Å². The monoisotopic (exact) mass is 427 g/mol. The number of benzene rings is 2. The molecule has 0 aliphatic rings. The zero-order valence-corrected chi connectivity index (χ0v) is 13.6. The fourth-order valence-corrected chi connectivity index (χ4v) is 2.16. The molecule has 9 heteroatoms. The van der Waals surface area contributed by atoms with Crippen LogP contribution >= 0.6 is 22.6 Å². The lowest BCUT2D eigenvalue weighted by atomic mass is 10.2. The van der Waals surface area contributed by atoms with E-state index < -0.39 is 10.8 Å². The van der Waals surface area contributed by atoms with Gasteiger partial charge in [-0.2, -0.15) is 5.10 Å². The van der Waals surface area contributed by atoms with Crippen molar-refractivity contribution in [3.05, 3.63) is 61.2 Å². The quantitative estimate of drug-likeness (QED) is 0.299. The zero-order valence-electron chi connectivity index (χ0n) is 11.4. The van der Waals surface area contributed by atoms with Gasteiger partial charge >= 0.3 is 0 Å². The number of aromatic hydroxyl groups is 2. The van der Waals surface area contributed by atoms with Gasteiger partial charge in [0.25, 0.3) is 11.6 Å². The predicted molar refractivity (Wildman–Crippen MR) is 90.6 cm³/mol. The molecule has 1 amide bonds. The lowest BCUT2D eigenvalue weighted by Gasteiger charge is -2.03. The van der Waals surface area contributed by atoms with Crippen molar-refractivity contribution >= 4 is 40.4 Å². The Morgan fingerprint density at radius 3 is 2.61 bits per heavy atom. The highest BCUT2D eigenvalue weighted by Crippen LogP contribution is 2.21. The van der Waals surface area contributed by atoms with Crippen molar-refractivity contribution in [3.63, 3.8) is 0 Å². The molecule has 0 spiro atoms.